The SMILES string of the molecule is CCn1cc(C(=O)OCC(=O)c2ccc(OC)cc2)c(=O)c2ccc(C)nc21. The summed E-state index contributed by atoms with van der Waals surface area (Å²) < 4.78 is 11.9. The number of carbonyl (C=O) groups excluding carboxylic acids is 2. The summed E-state index contributed by atoms with van der Waals surface area (Å²) in [6.07, 6.45) is 1.43. The molecule has 7 nitrogen and oxygen atoms in total. The van der Waals surface area contributed by atoms with Crippen LogP contribution in [0.5, 0.6) is 5.75 Å². The van der Waals surface area contributed by atoms with Gasteiger partial charge in [0.2, 0.25) is 5.43 Å². The van der Waals surface area contributed by atoms with Gasteiger partial charge < -0.3 is 14.0 Å². The van der Waals surface area contributed by atoms with Gasteiger partial charge in [0, 0.05) is 24.0 Å². The summed E-state index contributed by atoms with van der Waals surface area (Å²) in [6, 6.07) is 9.82. The van der Waals surface area contributed by atoms with Crippen LogP contribution in [0.25, 0.3) is 11.0 Å². The molecule has 144 valence electrons. The van der Waals surface area contributed by atoms with Crippen molar-refractivity contribution >= 4 is 22.8 Å². The van der Waals surface area contributed by atoms with E-state index in [9.17, 15) is 14.4 Å². The van der Waals surface area contributed by atoms with Crippen LogP contribution in [0.3, 0.4) is 0 Å². The Balaban J connectivity index is 1.83. The van der Waals surface area contributed by atoms with Crippen LogP contribution in [0.4, 0.5) is 0 Å². The molecule has 28 heavy (non-hydrogen) atoms. The molecule has 0 bridgehead atoms. The number of hydrogen-bond donors (Lipinski definition) is 0. The standard InChI is InChI=1S/C21H20N2O5/c1-4-23-11-17(19(25)16-10-5-13(2)22-20(16)23)21(26)28-12-18(24)14-6-8-15(27-3)9-7-14/h5-11H,4,12H2,1-3H3. The van der Waals surface area contributed by atoms with E-state index in [1.807, 2.05) is 13.8 Å². The molecule has 7 heteroatoms. The molecule has 0 N–H and O–H groups in total. The zero-order valence-electron chi connectivity index (χ0n) is 15.9. The number of ether oxygens (including phenoxy) is 2. The van der Waals surface area contributed by atoms with Gasteiger partial charge in [-0.1, -0.05) is 0 Å². The molecule has 3 aromatic rings. The van der Waals surface area contributed by atoms with Gasteiger partial charge in [0.25, 0.3) is 0 Å². The molecule has 0 spiro atoms. The van der Waals surface area contributed by atoms with Gasteiger partial charge in [-0.2, -0.15) is 0 Å². The maximum atomic E-state index is 12.7. The number of rotatable bonds is 6. The van der Waals surface area contributed by atoms with Crippen LogP contribution in [0, 0.1) is 6.92 Å². The molecule has 3 rings (SSSR count). The van der Waals surface area contributed by atoms with E-state index in [-0.39, 0.29) is 11.3 Å². The number of methoxy groups -OCH3 is 1. The number of carbonyl (C=O) groups is 2. The minimum Gasteiger partial charge on any atom is -0.497 e. The first kappa shape index (κ1) is 19.3. The lowest BCUT2D eigenvalue weighted by atomic mass is 10.1. The minimum atomic E-state index is -0.837. The number of pyridine rings is 2. The van der Waals surface area contributed by atoms with Crippen LogP contribution < -0.4 is 10.2 Å². The molecular weight excluding hydrogens is 360 g/mol. The fourth-order valence-corrected chi connectivity index (χ4v) is 2.82. The first-order chi connectivity index (χ1) is 13.4. The Labute approximate surface area is 161 Å². The van der Waals surface area contributed by atoms with Crippen molar-refractivity contribution in [3.8, 4) is 5.75 Å². The molecule has 0 saturated heterocycles. The molecule has 2 heterocycles. The first-order valence-electron chi connectivity index (χ1n) is 8.79. The third kappa shape index (κ3) is 3.78. The Morgan fingerprint density at radius 3 is 2.46 bits per heavy atom. The molecule has 0 radical (unpaired) electrons. The molecule has 0 fully saturated rings. The van der Waals surface area contributed by atoms with Gasteiger partial charge >= 0.3 is 5.97 Å². The van der Waals surface area contributed by atoms with Crippen molar-refractivity contribution in [1.82, 2.24) is 9.55 Å². The van der Waals surface area contributed by atoms with Crippen LogP contribution in [0.2, 0.25) is 0 Å². The van der Waals surface area contributed by atoms with Crippen molar-refractivity contribution in [2.75, 3.05) is 13.7 Å². The molecule has 1 aromatic carbocycles. The van der Waals surface area contributed by atoms with E-state index in [1.165, 1.54) is 13.3 Å². The summed E-state index contributed by atoms with van der Waals surface area (Å²) in [4.78, 5) is 41.7. The number of ketones is 1. The number of aromatic nitrogens is 2. The van der Waals surface area contributed by atoms with Gasteiger partial charge in [0.05, 0.1) is 12.5 Å². The Morgan fingerprint density at radius 1 is 1.11 bits per heavy atom. The number of fused-ring (bicyclic) bond motifs is 1. The van der Waals surface area contributed by atoms with Crippen molar-refractivity contribution in [1.29, 1.82) is 0 Å². The summed E-state index contributed by atoms with van der Waals surface area (Å²) in [5.41, 5.74) is 1.09. The number of nitrogens with zero attached hydrogens (tertiary/aromatic N) is 2. The second-order valence-electron chi connectivity index (χ2n) is 6.21. The predicted molar refractivity (Wildman–Crippen MR) is 104 cm³/mol. The average Bonchev–Trinajstić information content (AvgIpc) is 2.72. The zero-order chi connectivity index (χ0) is 20.3. The molecule has 0 aliphatic heterocycles. The van der Waals surface area contributed by atoms with Crippen LogP contribution in [-0.4, -0.2) is 35.0 Å². The number of benzene rings is 1. The van der Waals surface area contributed by atoms with Gasteiger partial charge in [-0.15, -0.1) is 0 Å². The molecular formula is C21H20N2O5. The van der Waals surface area contributed by atoms with E-state index >= 15 is 0 Å². The van der Waals surface area contributed by atoms with Gasteiger partial charge in [0.15, 0.2) is 12.4 Å². The van der Waals surface area contributed by atoms with Gasteiger partial charge in [-0.25, -0.2) is 9.78 Å². The maximum Gasteiger partial charge on any atom is 0.344 e. The lowest BCUT2D eigenvalue weighted by molar-refractivity contribution is 0.0473. The lowest BCUT2D eigenvalue weighted by Crippen LogP contribution is -2.23. The Hall–Kier alpha value is -3.48. The largest absolute Gasteiger partial charge is 0.497 e. The fourth-order valence-electron chi connectivity index (χ4n) is 2.82. The molecule has 0 aliphatic carbocycles. The smallest absolute Gasteiger partial charge is 0.344 e. The molecule has 0 amide bonds. The minimum absolute atomic E-state index is 0.123. The van der Waals surface area contributed by atoms with Gasteiger partial charge in [-0.3, -0.25) is 9.59 Å². The summed E-state index contributed by atoms with van der Waals surface area (Å²) in [5, 5.41) is 0.336. The van der Waals surface area contributed by atoms with Crippen molar-refractivity contribution < 1.29 is 19.1 Å². The highest BCUT2D eigenvalue weighted by molar-refractivity contribution is 6.00. The average molecular weight is 380 g/mol. The van der Waals surface area contributed by atoms with E-state index in [4.69, 9.17) is 9.47 Å². The van der Waals surface area contributed by atoms with Crippen LogP contribution in [-0.2, 0) is 11.3 Å². The number of hydrogen-bond acceptors (Lipinski definition) is 6. The quantitative estimate of drug-likeness (QED) is 0.483. The number of aryl methyl sites for hydroxylation is 2. The molecule has 2 aromatic heterocycles. The lowest BCUT2D eigenvalue weighted by Gasteiger charge is -2.11. The Bertz CT molecular complexity index is 1100. The Morgan fingerprint density at radius 2 is 1.82 bits per heavy atom. The van der Waals surface area contributed by atoms with Crippen LogP contribution >= 0.6 is 0 Å². The van der Waals surface area contributed by atoms with Crippen molar-refractivity contribution in [2.24, 2.45) is 0 Å². The van der Waals surface area contributed by atoms with E-state index in [0.717, 1.165) is 5.69 Å². The fraction of sp³-hybridized carbons (Fsp3) is 0.238. The highest BCUT2D eigenvalue weighted by Crippen LogP contribution is 2.13. The zero-order valence-corrected chi connectivity index (χ0v) is 15.9. The van der Waals surface area contributed by atoms with E-state index in [2.05, 4.69) is 4.98 Å². The molecule has 0 unspecified atom stereocenters. The highest BCUT2D eigenvalue weighted by atomic mass is 16.5. The third-order valence-corrected chi connectivity index (χ3v) is 4.37. The second kappa shape index (κ2) is 8.04. The summed E-state index contributed by atoms with van der Waals surface area (Å²) in [5.74, 6) is -0.588. The molecule has 0 aliphatic rings. The van der Waals surface area contributed by atoms with Crippen LogP contribution in [0.15, 0.2) is 47.4 Å². The maximum absolute atomic E-state index is 12.7. The topological polar surface area (TPSA) is 87.5 Å². The van der Waals surface area contributed by atoms with E-state index in [0.29, 0.717) is 28.9 Å². The summed E-state index contributed by atoms with van der Waals surface area (Å²) >= 11 is 0. The van der Waals surface area contributed by atoms with E-state index in [1.54, 1.807) is 41.0 Å². The molecule has 0 atom stereocenters. The predicted octanol–water partition coefficient (Wildman–Crippen LogP) is 2.77. The Kier molecular flexibility index (Phi) is 5.54. The second-order valence-corrected chi connectivity index (χ2v) is 6.21. The summed E-state index contributed by atoms with van der Waals surface area (Å²) in [6.45, 7) is 3.78. The van der Waals surface area contributed by atoms with Crippen LogP contribution in [0.1, 0.15) is 33.3 Å². The van der Waals surface area contributed by atoms with E-state index < -0.39 is 18.0 Å². The van der Waals surface area contributed by atoms with Crippen molar-refractivity contribution in [3.05, 3.63) is 69.6 Å². The monoisotopic (exact) mass is 380 g/mol. The van der Waals surface area contributed by atoms with Crippen molar-refractivity contribution in [2.45, 2.75) is 20.4 Å². The highest BCUT2D eigenvalue weighted by Gasteiger charge is 2.19. The third-order valence-electron chi connectivity index (χ3n) is 4.37. The normalized spacial score (nSPS) is 10.7. The van der Waals surface area contributed by atoms with Gasteiger partial charge in [-0.05, 0) is 50.2 Å². The van der Waals surface area contributed by atoms with Crippen molar-refractivity contribution in [3.63, 3.8) is 0 Å². The number of Topliss-reactive ketones (excluding diaryl/α,β-unsaturated/α-hetero) is 1. The number of esters is 1. The first-order valence-corrected chi connectivity index (χ1v) is 8.79. The van der Waals surface area contributed by atoms with Gasteiger partial charge in [0.1, 0.15) is 17.0 Å². The molecule has 0 saturated carbocycles. The summed E-state index contributed by atoms with van der Waals surface area (Å²) in [7, 11) is 1.53.